The zero-order chi connectivity index (χ0) is 22.6. The third-order valence-electron chi connectivity index (χ3n) is 6.13. The van der Waals surface area contributed by atoms with Gasteiger partial charge in [0.1, 0.15) is 18.1 Å². The lowest BCUT2D eigenvalue weighted by Crippen LogP contribution is -2.44. The summed E-state index contributed by atoms with van der Waals surface area (Å²) in [5.74, 6) is 1.25. The number of benzene rings is 2. The fourth-order valence-electron chi connectivity index (χ4n) is 4.09. The first-order valence-corrected chi connectivity index (χ1v) is 11.5. The van der Waals surface area contributed by atoms with Crippen molar-refractivity contribution in [1.82, 2.24) is 10.5 Å². The van der Waals surface area contributed by atoms with E-state index in [1.54, 1.807) is 12.1 Å². The van der Waals surface area contributed by atoms with Crippen LogP contribution in [0.25, 0.3) is 0 Å². The van der Waals surface area contributed by atoms with Crippen molar-refractivity contribution >= 4 is 21.8 Å². The molecule has 3 aromatic rings. The maximum atomic E-state index is 13.0. The molecule has 0 bridgehead atoms. The average molecular weight is 499 g/mol. The van der Waals surface area contributed by atoms with Gasteiger partial charge in [-0.15, -0.1) is 0 Å². The number of aryl methyl sites for hydroxylation is 2. The van der Waals surface area contributed by atoms with Crippen molar-refractivity contribution in [3.8, 4) is 5.75 Å². The lowest BCUT2D eigenvalue weighted by molar-refractivity contribution is 0.0487. The summed E-state index contributed by atoms with van der Waals surface area (Å²) in [6.45, 7) is 6.02. The van der Waals surface area contributed by atoms with Crippen molar-refractivity contribution in [3.05, 3.63) is 81.1 Å². The second-order valence-corrected chi connectivity index (χ2v) is 9.12. The number of carbonyl (C=O) groups excluding carboxylic acids is 1. The molecule has 0 radical (unpaired) electrons. The van der Waals surface area contributed by atoms with Gasteiger partial charge in [0.2, 0.25) is 0 Å². The van der Waals surface area contributed by atoms with Gasteiger partial charge in [-0.25, -0.2) is 0 Å². The first kappa shape index (κ1) is 22.6. The molecule has 0 aliphatic carbocycles. The summed E-state index contributed by atoms with van der Waals surface area (Å²) in [7, 11) is 0. The van der Waals surface area contributed by atoms with Crippen LogP contribution in [-0.4, -0.2) is 30.8 Å². The summed E-state index contributed by atoms with van der Waals surface area (Å²) in [5, 5.41) is 7.10. The topological polar surface area (TPSA) is 73.6 Å². The van der Waals surface area contributed by atoms with E-state index in [4.69, 9.17) is 14.0 Å². The number of amides is 1. The highest BCUT2D eigenvalue weighted by Crippen LogP contribution is 2.35. The van der Waals surface area contributed by atoms with Gasteiger partial charge in [0.15, 0.2) is 0 Å². The number of nitrogens with one attached hydrogen (secondary N) is 1. The monoisotopic (exact) mass is 498 g/mol. The standard InChI is InChI=1S/C25H27BrN2O4/c1-17-23(18(2)32-28-17)15-31-22-8-3-5-19(13-22)24(29)27-16-25(9-11-30-12-10-25)20-6-4-7-21(26)14-20/h3-8,13-14H,9-12,15-16H2,1-2H3,(H,27,29). The number of hydrogen-bond acceptors (Lipinski definition) is 5. The van der Waals surface area contributed by atoms with Crippen LogP contribution >= 0.6 is 15.9 Å². The van der Waals surface area contributed by atoms with Gasteiger partial charge in [0, 0.05) is 35.2 Å². The maximum Gasteiger partial charge on any atom is 0.251 e. The van der Waals surface area contributed by atoms with Gasteiger partial charge >= 0.3 is 0 Å². The number of carbonyl (C=O) groups is 1. The smallest absolute Gasteiger partial charge is 0.251 e. The number of rotatable bonds is 7. The van der Waals surface area contributed by atoms with Crippen LogP contribution in [0.3, 0.4) is 0 Å². The number of ether oxygens (including phenoxy) is 2. The van der Waals surface area contributed by atoms with Gasteiger partial charge in [-0.2, -0.15) is 0 Å². The Bertz CT molecular complexity index is 1070. The third kappa shape index (κ3) is 5.05. The molecule has 0 saturated carbocycles. The largest absolute Gasteiger partial charge is 0.489 e. The van der Waals surface area contributed by atoms with Crippen LogP contribution < -0.4 is 10.1 Å². The Morgan fingerprint density at radius 2 is 1.94 bits per heavy atom. The Kier molecular flexibility index (Phi) is 6.96. The molecule has 7 heteroatoms. The summed E-state index contributed by atoms with van der Waals surface area (Å²) in [6, 6.07) is 15.6. The van der Waals surface area contributed by atoms with Crippen LogP contribution in [-0.2, 0) is 16.8 Å². The predicted molar refractivity (Wildman–Crippen MR) is 125 cm³/mol. The van der Waals surface area contributed by atoms with Gasteiger partial charge in [-0.05, 0) is 62.6 Å². The zero-order valence-corrected chi connectivity index (χ0v) is 19.9. The molecule has 1 amide bonds. The molecule has 0 spiro atoms. The van der Waals surface area contributed by atoms with Crippen LogP contribution in [0.1, 0.15) is 45.8 Å². The summed E-state index contributed by atoms with van der Waals surface area (Å²) in [5.41, 5.74) is 3.38. The zero-order valence-electron chi connectivity index (χ0n) is 18.3. The minimum absolute atomic E-state index is 0.117. The Labute approximate surface area is 196 Å². The number of aromatic nitrogens is 1. The number of nitrogens with zero attached hydrogens (tertiary/aromatic N) is 1. The van der Waals surface area contributed by atoms with Crippen molar-refractivity contribution in [3.63, 3.8) is 0 Å². The first-order chi connectivity index (χ1) is 15.5. The molecule has 4 rings (SSSR count). The van der Waals surface area contributed by atoms with Gasteiger partial charge in [-0.3, -0.25) is 4.79 Å². The summed E-state index contributed by atoms with van der Waals surface area (Å²) in [6.07, 6.45) is 1.73. The van der Waals surface area contributed by atoms with E-state index in [1.165, 1.54) is 5.56 Å². The summed E-state index contributed by atoms with van der Waals surface area (Å²) >= 11 is 3.57. The van der Waals surface area contributed by atoms with Crippen LogP contribution in [0.15, 0.2) is 57.5 Å². The molecule has 6 nitrogen and oxygen atoms in total. The molecule has 1 N–H and O–H groups in total. The van der Waals surface area contributed by atoms with E-state index < -0.39 is 0 Å². The Morgan fingerprint density at radius 3 is 2.66 bits per heavy atom. The Hall–Kier alpha value is -2.64. The van der Waals surface area contributed by atoms with E-state index in [-0.39, 0.29) is 11.3 Å². The van der Waals surface area contributed by atoms with Crippen LogP contribution in [0.5, 0.6) is 5.75 Å². The molecular formula is C25H27BrN2O4. The molecule has 32 heavy (non-hydrogen) atoms. The fourth-order valence-corrected chi connectivity index (χ4v) is 4.49. The lowest BCUT2D eigenvalue weighted by Gasteiger charge is -2.38. The van der Waals surface area contributed by atoms with Crippen molar-refractivity contribution in [2.45, 2.75) is 38.7 Å². The molecule has 1 fully saturated rings. The van der Waals surface area contributed by atoms with Crippen molar-refractivity contribution in [1.29, 1.82) is 0 Å². The lowest BCUT2D eigenvalue weighted by atomic mass is 9.74. The molecule has 0 atom stereocenters. The molecule has 2 heterocycles. The number of hydrogen-bond donors (Lipinski definition) is 1. The fraction of sp³-hybridized carbons (Fsp3) is 0.360. The first-order valence-electron chi connectivity index (χ1n) is 10.7. The minimum atomic E-state index is -0.144. The van der Waals surface area contributed by atoms with Crippen molar-refractivity contribution in [2.75, 3.05) is 19.8 Å². The van der Waals surface area contributed by atoms with E-state index in [1.807, 2.05) is 38.1 Å². The maximum absolute atomic E-state index is 13.0. The summed E-state index contributed by atoms with van der Waals surface area (Å²) < 4.78 is 17.7. The molecule has 1 aliphatic rings. The van der Waals surface area contributed by atoms with E-state index in [2.05, 4.69) is 38.5 Å². The van der Waals surface area contributed by atoms with Crippen LogP contribution in [0.2, 0.25) is 0 Å². The van der Waals surface area contributed by atoms with Crippen molar-refractivity contribution in [2.24, 2.45) is 0 Å². The highest BCUT2D eigenvalue weighted by Gasteiger charge is 2.35. The highest BCUT2D eigenvalue weighted by atomic mass is 79.9. The molecule has 1 saturated heterocycles. The highest BCUT2D eigenvalue weighted by molar-refractivity contribution is 9.10. The van der Waals surface area contributed by atoms with E-state index in [9.17, 15) is 4.79 Å². The van der Waals surface area contributed by atoms with Gasteiger partial charge < -0.3 is 19.3 Å². The van der Waals surface area contributed by atoms with E-state index in [0.29, 0.717) is 37.7 Å². The molecule has 168 valence electrons. The normalized spacial score (nSPS) is 15.3. The molecule has 1 aliphatic heterocycles. The molecule has 0 unspecified atom stereocenters. The van der Waals surface area contributed by atoms with Crippen LogP contribution in [0, 0.1) is 13.8 Å². The second kappa shape index (κ2) is 9.88. The number of halogens is 1. The van der Waals surface area contributed by atoms with Gasteiger partial charge in [0.25, 0.3) is 5.91 Å². The average Bonchev–Trinajstić information content (AvgIpc) is 3.14. The Balaban J connectivity index is 1.44. The second-order valence-electron chi connectivity index (χ2n) is 8.20. The minimum Gasteiger partial charge on any atom is -0.489 e. The van der Waals surface area contributed by atoms with Crippen LogP contribution in [0.4, 0.5) is 0 Å². The molecular weight excluding hydrogens is 472 g/mol. The quantitative estimate of drug-likeness (QED) is 0.489. The third-order valence-corrected chi connectivity index (χ3v) is 6.63. The van der Waals surface area contributed by atoms with Crippen molar-refractivity contribution < 1.29 is 18.8 Å². The van der Waals surface area contributed by atoms with E-state index >= 15 is 0 Å². The molecule has 2 aromatic carbocycles. The molecule has 1 aromatic heterocycles. The van der Waals surface area contributed by atoms with Gasteiger partial charge in [-0.1, -0.05) is 39.3 Å². The summed E-state index contributed by atoms with van der Waals surface area (Å²) in [4.78, 5) is 13.0. The Morgan fingerprint density at radius 1 is 1.16 bits per heavy atom. The van der Waals surface area contributed by atoms with Gasteiger partial charge in [0.05, 0.1) is 11.3 Å². The predicted octanol–water partition coefficient (Wildman–Crippen LogP) is 5.11. The van der Waals surface area contributed by atoms with E-state index in [0.717, 1.165) is 34.3 Å². The SMILES string of the molecule is Cc1noc(C)c1COc1cccc(C(=O)NCC2(c3cccc(Br)c3)CCOCC2)c1.